The zero-order valence-corrected chi connectivity index (χ0v) is 11.1. The van der Waals surface area contributed by atoms with E-state index < -0.39 is 0 Å². The van der Waals surface area contributed by atoms with Crippen molar-refractivity contribution in [3.8, 4) is 0 Å². The Morgan fingerprint density at radius 1 is 1.38 bits per heavy atom. The Kier molecular flexibility index (Phi) is 6.32. The average molecular weight is 228 g/mol. The molecule has 0 amide bonds. The molecule has 0 aliphatic carbocycles. The summed E-state index contributed by atoms with van der Waals surface area (Å²) in [6.07, 6.45) is 2.45. The first-order valence-electron chi connectivity index (χ1n) is 6.70. The van der Waals surface area contributed by atoms with Gasteiger partial charge in [0.2, 0.25) is 0 Å². The summed E-state index contributed by atoms with van der Waals surface area (Å²) < 4.78 is 5.39. The summed E-state index contributed by atoms with van der Waals surface area (Å²) in [7, 11) is 0. The number of hydrogen-bond acceptors (Lipinski definition) is 3. The molecule has 3 atom stereocenters. The van der Waals surface area contributed by atoms with Crippen molar-refractivity contribution in [1.29, 1.82) is 0 Å². The normalized spacial score (nSPS) is 31.9. The lowest BCUT2D eigenvalue weighted by atomic mass is 9.85. The van der Waals surface area contributed by atoms with E-state index in [1.807, 2.05) is 6.92 Å². The van der Waals surface area contributed by atoms with Gasteiger partial charge in [0.1, 0.15) is 0 Å². The summed E-state index contributed by atoms with van der Waals surface area (Å²) in [5, 5.41) is 0. The molecule has 1 aliphatic heterocycles. The summed E-state index contributed by atoms with van der Waals surface area (Å²) in [5.41, 5.74) is 5.89. The number of likely N-dealkylation sites (tertiary alicyclic amines) is 1. The van der Waals surface area contributed by atoms with Crippen molar-refractivity contribution in [2.45, 2.75) is 39.7 Å². The lowest BCUT2D eigenvalue weighted by Crippen LogP contribution is -2.51. The average Bonchev–Trinajstić information content (AvgIpc) is 2.24. The van der Waals surface area contributed by atoms with Crippen LogP contribution in [0.25, 0.3) is 0 Å². The van der Waals surface area contributed by atoms with Gasteiger partial charge in [0.15, 0.2) is 0 Å². The second kappa shape index (κ2) is 7.25. The third-order valence-electron chi connectivity index (χ3n) is 3.63. The third kappa shape index (κ3) is 4.04. The second-order valence-corrected chi connectivity index (χ2v) is 5.17. The molecule has 0 spiro atoms. The maximum atomic E-state index is 5.89. The number of ether oxygens (including phenoxy) is 1. The monoisotopic (exact) mass is 228 g/mol. The predicted molar refractivity (Wildman–Crippen MR) is 68.5 cm³/mol. The molecule has 0 aromatic rings. The van der Waals surface area contributed by atoms with Gasteiger partial charge in [-0.2, -0.15) is 0 Å². The molecule has 1 rings (SSSR count). The van der Waals surface area contributed by atoms with E-state index in [1.165, 1.54) is 13.0 Å². The van der Waals surface area contributed by atoms with Crippen LogP contribution >= 0.6 is 0 Å². The topological polar surface area (TPSA) is 38.5 Å². The van der Waals surface area contributed by atoms with Crippen LogP contribution in [0.4, 0.5) is 0 Å². The number of piperidine rings is 1. The minimum atomic E-state index is 0.581. The Balaban J connectivity index is 2.35. The minimum absolute atomic E-state index is 0.581. The molecule has 3 unspecified atom stereocenters. The van der Waals surface area contributed by atoms with Crippen LogP contribution in [0.5, 0.6) is 0 Å². The molecule has 2 N–H and O–H groups in total. The van der Waals surface area contributed by atoms with Crippen LogP contribution in [0.3, 0.4) is 0 Å². The predicted octanol–water partition coefficient (Wildman–Crippen LogP) is 1.72. The highest BCUT2D eigenvalue weighted by atomic mass is 16.5. The van der Waals surface area contributed by atoms with Gasteiger partial charge in [0.25, 0.3) is 0 Å². The van der Waals surface area contributed by atoms with Crippen molar-refractivity contribution >= 4 is 0 Å². The number of nitrogens with zero attached hydrogens (tertiary/aromatic N) is 1. The van der Waals surface area contributed by atoms with E-state index in [9.17, 15) is 0 Å². The molecule has 16 heavy (non-hydrogen) atoms. The van der Waals surface area contributed by atoms with E-state index in [0.29, 0.717) is 6.04 Å². The summed E-state index contributed by atoms with van der Waals surface area (Å²) in [5.74, 6) is 1.55. The molecule has 0 saturated carbocycles. The highest BCUT2D eigenvalue weighted by Gasteiger charge is 2.30. The maximum Gasteiger partial charge on any atom is 0.0478 e. The van der Waals surface area contributed by atoms with E-state index in [1.54, 1.807) is 0 Å². The molecule has 96 valence electrons. The van der Waals surface area contributed by atoms with Gasteiger partial charge in [-0.1, -0.05) is 13.8 Å². The summed E-state index contributed by atoms with van der Waals surface area (Å²) >= 11 is 0. The molecule has 1 aliphatic rings. The van der Waals surface area contributed by atoms with Gasteiger partial charge in [0.05, 0.1) is 0 Å². The van der Waals surface area contributed by atoms with E-state index in [0.717, 1.165) is 44.6 Å². The first-order valence-corrected chi connectivity index (χ1v) is 6.70. The van der Waals surface area contributed by atoms with E-state index >= 15 is 0 Å². The Hall–Kier alpha value is -0.120. The first-order chi connectivity index (χ1) is 7.69. The van der Waals surface area contributed by atoms with Crippen molar-refractivity contribution < 1.29 is 4.74 Å². The molecule has 0 aromatic heterocycles. The summed E-state index contributed by atoms with van der Waals surface area (Å²) in [6.45, 7) is 11.6. The summed E-state index contributed by atoms with van der Waals surface area (Å²) in [4.78, 5) is 2.57. The van der Waals surface area contributed by atoms with Gasteiger partial charge in [0, 0.05) is 38.9 Å². The molecule has 0 bridgehead atoms. The molecule has 3 nitrogen and oxygen atoms in total. The van der Waals surface area contributed by atoms with Gasteiger partial charge in [-0.15, -0.1) is 0 Å². The summed E-state index contributed by atoms with van der Waals surface area (Å²) in [6, 6.07) is 0.581. The molecular weight excluding hydrogens is 200 g/mol. The smallest absolute Gasteiger partial charge is 0.0478 e. The first kappa shape index (κ1) is 13.9. The van der Waals surface area contributed by atoms with Gasteiger partial charge >= 0.3 is 0 Å². The Morgan fingerprint density at radius 3 is 2.75 bits per heavy atom. The van der Waals surface area contributed by atoms with E-state index in [-0.39, 0.29) is 0 Å². The number of rotatable bonds is 6. The zero-order chi connectivity index (χ0) is 12.0. The third-order valence-corrected chi connectivity index (χ3v) is 3.63. The van der Waals surface area contributed by atoms with E-state index in [2.05, 4.69) is 18.7 Å². The van der Waals surface area contributed by atoms with Crippen LogP contribution in [0.2, 0.25) is 0 Å². The highest BCUT2D eigenvalue weighted by molar-refractivity contribution is 4.85. The Labute approximate surface area is 100 Å². The second-order valence-electron chi connectivity index (χ2n) is 5.17. The standard InChI is InChI=1S/C13H28N2O/c1-4-16-7-5-6-15-10-11(2)8-12(3)13(15)9-14/h11-13H,4-10,14H2,1-3H3. The molecule has 1 heterocycles. The van der Waals surface area contributed by atoms with Gasteiger partial charge in [-0.25, -0.2) is 0 Å². The van der Waals surface area contributed by atoms with Gasteiger partial charge in [-0.05, 0) is 31.6 Å². The quantitative estimate of drug-likeness (QED) is 0.704. The lowest BCUT2D eigenvalue weighted by molar-refractivity contribution is 0.0595. The van der Waals surface area contributed by atoms with Crippen LogP contribution in [0, 0.1) is 11.8 Å². The number of nitrogens with two attached hydrogens (primary N) is 1. The molecule has 1 fully saturated rings. The van der Waals surface area contributed by atoms with Crippen LogP contribution < -0.4 is 5.73 Å². The minimum Gasteiger partial charge on any atom is -0.382 e. The fourth-order valence-corrected chi connectivity index (χ4v) is 2.91. The van der Waals surface area contributed by atoms with Gasteiger partial charge in [-0.3, -0.25) is 4.90 Å². The largest absolute Gasteiger partial charge is 0.382 e. The molecule has 0 radical (unpaired) electrons. The van der Waals surface area contributed by atoms with Crippen molar-refractivity contribution in [2.24, 2.45) is 17.6 Å². The fraction of sp³-hybridized carbons (Fsp3) is 1.00. The van der Waals surface area contributed by atoms with E-state index in [4.69, 9.17) is 10.5 Å². The lowest BCUT2D eigenvalue weighted by Gasteiger charge is -2.42. The molecule has 0 aromatic carbocycles. The maximum absolute atomic E-state index is 5.89. The van der Waals surface area contributed by atoms with Crippen LogP contribution in [-0.2, 0) is 4.74 Å². The van der Waals surface area contributed by atoms with Crippen LogP contribution in [0.15, 0.2) is 0 Å². The zero-order valence-electron chi connectivity index (χ0n) is 11.1. The van der Waals surface area contributed by atoms with Crippen molar-refractivity contribution in [2.75, 3.05) is 32.8 Å². The Morgan fingerprint density at radius 2 is 2.12 bits per heavy atom. The van der Waals surface area contributed by atoms with Gasteiger partial charge < -0.3 is 10.5 Å². The number of hydrogen-bond donors (Lipinski definition) is 1. The van der Waals surface area contributed by atoms with Crippen LogP contribution in [0.1, 0.15) is 33.6 Å². The SMILES string of the molecule is CCOCCCN1CC(C)CC(C)C1CN. The highest BCUT2D eigenvalue weighted by Crippen LogP contribution is 2.26. The van der Waals surface area contributed by atoms with Crippen molar-refractivity contribution in [3.05, 3.63) is 0 Å². The van der Waals surface area contributed by atoms with Crippen molar-refractivity contribution in [3.63, 3.8) is 0 Å². The van der Waals surface area contributed by atoms with Crippen molar-refractivity contribution in [1.82, 2.24) is 4.90 Å². The molecular formula is C13H28N2O. The Bertz CT molecular complexity index is 187. The fourth-order valence-electron chi connectivity index (χ4n) is 2.91. The molecule has 3 heteroatoms. The van der Waals surface area contributed by atoms with Crippen LogP contribution in [-0.4, -0.2) is 43.8 Å². The molecule has 1 saturated heterocycles.